The van der Waals surface area contributed by atoms with Gasteiger partial charge >= 0.3 is 0 Å². The summed E-state index contributed by atoms with van der Waals surface area (Å²) >= 11 is 0. The van der Waals surface area contributed by atoms with E-state index in [0.717, 1.165) is 29.6 Å². The zero-order chi connectivity index (χ0) is 14.8. The number of hydrogen-bond acceptors (Lipinski definition) is 2. The summed E-state index contributed by atoms with van der Waals surface area (Å²) in [4.78, 5) is 4.57. The van der Waals surface area contributed by atoms with Gasteiger partial charge in [0.25, 0.3) is 0 Å². The molecule has 0 amide bonds. The monoisotopic (exact) mass is 282 g/mol. The summed E-state index contributed by atoms with van der Waals surface area (Å²) in [5.41, 5.74) is 3.54. The number of nitrogens with one attached hydrogen (secondary N) is 1. The van der Waals surface area contributed by atoms with Crippen molar-refractivity contribution in [1.82, 2.24) is 10.3 Å². The van der Waals surface area contributed by atoms with Crippen LogP contribution in [0.15, 0.2) is 30.3 Å². The molecule has 3 rings (SSSR count). The molecule has 1 fully saturated rings. The number of fused-ring (bicyclic) bond motifs is 1. The molecule has 1 aromatic heterocycles. The van der Waals surface area contributed by atoms with E-state index in [2.05, 4.69) is 54.5 Å². The molecule has 112 valence electrons. The summed E-state index contributed by atoms with van der Waals surface area (Å²) in [6.45, 7) is 7.74. The van der Waals surface area contributed by atoms with Crippen molar-refractivity contribution in [2.45, 2.75) is 52.6 Å². The van der Waals surface area contributed by atoms with E-state index in [1.807, 2.05) is 6.92 Å². The standard InChI is InChI=1S/C19H26N2/c1-4-16-8-10-18(14(16)3)20-12-15-6-9-19-17(11-15)7-5-13(2)21-19/h5-7,9,11,14,16,18,20H,4,8,10,12H2,1-3H3. The van der Waals surface area contributed by atoms with Gasteiger partial charge in [0, 0.05) is 23.7 Å². The van der Waals surface area contributed by atoms with Crippen LogP contribution in [-0.2, 0) is 6.54 Å². The molecule has 0 saturated heterocycles. The zero-order valence-corrected chi connectivity index (χ0v) is 13.4. The van der Waals surface area contributed by atoms with Crippen LogP contribution in [-0.4, -0.2) is 11.0 Å². The lowest BCUT2D eigenvalue weighted by atomic mass is 9.93. The van der Waals surface area contributed by atoms with Gasteiger partial charge in [-0.25, -0.2) is 0 Å². The molecule has 21 heavy (non-hydrogen) atoms. The highest BCUT2D eigenvalue weighted by atomic mass is 14.9. The molecule has 1 saturated carbocycles. The fourth-order valence-corrected chi connectivity index (χ4v) is 3.75. The van der Waals surface area contributed by atoms with Crippen LogP contribution in [0.1, 0.15) is 44.4 Å². The lowest BCUT2D eigenvalue weighted by Gasteiger charge is -2.21. The minimum Gasteiger partial charge on any atom is -0.310 e. The summed E-state index contributed by atoms with van der Waals surface area (Å²) in [5, 5.41) is 5.01. The van der Waals surface area contributed by atoms with Crippen molar-refractivity contribution >= 4 is 10.9 Å². The van der Waals surface area contributed by atoms with Gasteiger partial charge in [-0.2, -0.15) is 0 Å². The Hall–Kier alpha value is -1.41. The molecule has 2 heteroatoms. The molecule has 3 unspecified atom stereocenters. The van der Waals surface area contributed by atoms with Crippen LogP contribution in [0.5, 0.6) is 0 Å². The smallest absolute Gasteiger partial charge is 0.0705 e. The van der Waals surface area contributed by atoms with E-state index in [9.17, 15) is 0 Å². The van der Waals surface area contributed by atoms with Gasteiger partial charge in [-0.05, 0) is 55.4 Å². The first kappa shape index (κ1) is 14.5. The largest absolute Gasteiger partial charge is 0.310 e. The molecule has 1 aliphatic rings. The lowest BCUT2D eigenvalue weighted by Crippen LogP contribution is -2.32. The Balaban J connectivity index is 1.67. The van der Waals surface area contributed by atoms with Crippen molar-refractivity contribution in [1.29, 1.82) is 0 Å². The van der Waals surface area contributed by atoms with Crippen molar-refractivity contribution in [2.24, 2.45) is 11.8 Å². The van der Waals surface area contributed by atoms with E-state index >= 15 is 0 Å². The topological polar surface area (TPSA) is 24.9 Å². The summed E-state index contributed by atoms with van der Waals surface area (Å²) < 4.78 is 0. The van der Waals surface area contributed by atoms with E-state index < -0.39 is 0 Å². The van der Waals surface area contributed by atoms with Crippen LogP contribution < -0.4 is 5.32 Å². The molecular formula is C19H26N2. The Labute approximate surface area is 128 Å². The average Bonchev–Trinajstić information content (AvgIpc) is 2.85. The van der Waals surface area contributed by atoms with E-state index in [1.54, 1.807) is 0 Å². The first-order valence-electron chi connectivity index (χ1n) is 8.27. The first-order chi connectivity index (χ1) is 10.2. The van der Waals surface area contributed by atoms with E-state index in [-0.39, 0.29) is 0 Å². The number of nitrogens with zero attached hydrogens (tertiary/aromatic N) is 1. The summed E-state index contributed by atoms with van der Waals surface area (Å²) in [7, 11) is 0. The second-order valence-electron chi connectivity index (χ2n) is 6.57. The Morgan fingerprint density at radius 2 is 2.05 bits per heavy atom. The number of benzene rings is 1. The summed E-state index contributed by atoms with van der Waals surface area (Å²) in [6.07, 6.45) is 4.03. The van der Waals surface area contributed by atoms with Crippen molar-refractivity contribution in [3.8, 4) is 0 Å². The maximum absolute atomic E-state index is 4.57. The van der Waals surface area contributed by atoms with Gasteiger partial charge < -0.3 is 5.32 Å². The molecule has 1 aromatic carbocycles. The van der Waals surface area contributed by atoms with Crippen LogP contribution in [0.4, 0.5) is 0 Å². The van der Waals surface area contributed by atoms with Gasteiger partial charge in [0.2, 0.25) is 0 Å². The first-order valence-corrected chi connectivity index (χ1v) is 8.27. The maximum Gasteiger partial charge on any atom is 0.0705 e. The van der Waals surface area contributed by atoms with Crippen LogP contribution in [0.3, 0.4) is 0 Å². The number of hydrogen-bond donors (Lipinski definition) is 1. The third-order valence-corrected chi connectivity index (χ3v) is 5.21. The number of rotatable bonds is 4. The quantitative estimate of drug-likeness (QED) is 0.895. The molecular weight excluding hydrogens is 256 g/mol. The van der Waals surface area contributed by atoms with Gasteiger partial charge in [-0.3, -0.25) is 4.98 Å². The predicted octanol–water partition coefficient (Wildman–Crippen LogP) is 4.46. The van der Waals surface area contributed by atoms with Gasteiger partial charge in [0.15, 0.2) is 0 Å². The van der Waals surface area contributed by atoms with Crippen LogP contribution in [0, 0.1) is 18.8 Å². The van der Waals surface area contributed by atoms with E-state index in [4.69, 9.17) is 0 Å². The van der Waals surface area contributed by atoms with Crippen molar-refractivity contribution in [3.63, 3.8) is 0 Å². The van der Waals surface area contributed by atoms with Crippen LogP contribution >= 0.6 is 0 Å². The molecule has 1 heterocycles. The van der Waals surface area contributed by atoms with Gasteiger partial charge in [-0.15, -0.1) is 0 Å². The van der Waals surface area contributed by atoms with Crippen LogP contribution in [0.2, 0.25) is 0 Å². The number of aromatic nitrogens is 1. The van der Waals surface area contributed by atoms with Gasteiger partial charge in [0.05, 0.1) is 5.52 Å². The Bertz CT molecular complexity index is 620. The fraction of sp³-hybridized carbons (Fsp3) is 0.526. The molecule has 0 radical (unpaired) electrons. The number of pyridine rings is 1. The average molecular weight is 282 g/mol. The minimum absolute atomic E-state index is 0.682. The molecule has 3 atom stereocenters. The SMILES string of the molecule is CCC1CCC(NCc2ccc3nc(C)ccc3c2)C1C. The van der Waals surface area contributed by atoms with Crippen molar-refractivity contribution in [3.05, 3.63) is 41.6 Å². The van der Waals surface area contributed by atoms with Crippen LogP contribution in [0.25, 0.3) is 10.9 Å². The second-order valence-corrected chi connectivity index (χ2v) is 6.57. The minimum atomic E-state index is 0.682. The highest BCUT2D eigenvalue weighted by molar-refractivity contribution is 5.79. The van der Waals surface area contributed by atoms with E-state index in [1.165, 1.54) is 30.2 Å². The molecule has 0 bridgehead atoms. The normalized spacial score (nSPS) is 25.6. The highest BCUT2D eigenvalue weighted by Gasteiger charge is 2.30. The summed E-state index contributed by atoms with van der Waals surface area (Å²) in [5.74, 6) is 1.71. The third-order valence-electron chi connectivity index (χ3n) is 5.21. The second kappa shape index (κ2) is 6.15. The molecule has 2 aromatic rings. The third kappa shape index (κ3) is 3.11. The Morgan fingerprint density at radius 1 is 1.19 bits per heavy atom. The molecule has 1 aliphatic carbocycles. The molecule has 2 nitrogen and oxygen atoms in total. The zero-order valence-electron chi connectivity index (χ0n) is 13.4. The predicted molar refractivity (Wildman–Crippen MR) is 89.3 cm³/mol. The molecule has 0 aliphatic heterocycles. The molecule has 1 N–H and O–H groups in total. The maximum atomic E-state index is 4.57. The molecule has 0 spiro atoms. The van der Waals surface area contributed by atoms with Crippen molar-refractivity contribution in [2.75, 3.05) is 0 Å². The fourth-order valence-electron chi connectivity index (χ4n) is 3.75. The lowest BCUT2D eigenvalue weighted by molar-refractivity contribution is 0.344. The van der Waals surface area contributed by atoms with E-state index in [0.29, 0.717) is 6.04 Å². The Kier molecular flexibility index (Phi) is 4.25. The van der Waals surface area contributed by atoms with Crippen molar-refractivity contribution < 1.29 is 0 Å². The van der Waals surface area contributed by atoms with Gasteiger partial charge in [0.1, 0.15) is 0 Å². The van der Waals surface area contributed by atoms with Gasteiger partial charge in [-0.1, -0.05) is 32.4 Å². The number of aryl methyl sites for hydroxylation is 1. The highest BCUT2D eigenvalue weighted by Crippen LogP contribution is 2.34. The Morgan fingerprint density at radius 3 is 2.81 bits per heavy atom. The summed E-state index contributed by atoms with van der Waals surface area (Å²) in [6, 6.07) is 11.6.